The lowest BCUT2D eigenvalue weighted by molar-refractivity contribution is 0.102. The average Bonchev–Trinajstić information content (AvgIpc) is 3.02. The Morgan fingerprint density at radius 3 is 2.74 bits per heavy atom. The fraction of sp³-hybridized carbons (Fsp3) is 0.429. The van der Waals surface area contributed by atoms with Gasteiger partial charge < -0.3 is 16.0 Å². The van der Waals surface area contributed by atoms with Crippen molar-refractivity contribution in [1.29, 1.82) is 0 Å². The minimum atomic E-state index is -0.621. The number of fused-ring (bicyclic) bond motifs is 1. The maximum Gasteiger partial charge on any atom is 0.263 e. The second-order valence-corrected chi connectivity index (χ2v) is 8.84. The highest BCUT2D eigenvalue weighted by Crippen LogP contribution is 2.39. The van der Waals surface area contributed by atoms with E-state index in [-0.39, 0.29) is 34.2 Å². The lowest BCUT2D eigenvalue weighted by Crippen LogP contribution is -2.48. The number of aromatic nitrogens is 4. The summed E-state index contributed by atoms with van der Waals surface area (Å²) in [6.45, 7) is 7.04. The summed E-state index contributed by atoms with van der Waals surface area (Å²) < 4.78 is 29.6. The molecular weight excluding hydrogens is 404 g/mol. The number of halogens is 2. The lowest BCUT2D eigenvalue weighted by atomic mass is 9.80. The molecule has 0 radical (unpaired) electrons. The van der Waals surface area contributed by atoms with Crippen molar-refractivity contribution >= 4 is 28.7 Å². The number of nitrogen functional groups attached to an aromatic ring is 1. The van der Waals surface area contributed by atoms with Crippen LogP contribution < -0.4 is 16.0 Å². The van der Waals surface area contributed by atoms with E-state index in [1.165, 1.54) is 6.20 Å². The summed E-state index contributed by atoms with van der Waals surface area (Å²) >= 11 is 0. The van der Waals surface area contributed by atoms with E-state index < -0.39 is 17.5 Å². The van der Waals surface area contributed by atoms with E-state index in [2.05, 4.69) is 41.2 Å². The normalized spacial score (nSPS) is 17.2. The topological polar surface area (TPSA) is 101 Å². The van der Waals surface area contributed by atoms with Crippen molar-refractivity contribution in [3.05, 3.63) is 42.0 Å². The summed E-state index contributed by atoms with van der Waals surface area (Å²) in [7, 11) is 0. The smallest absolute Gasteiger partial charge is 0.263 e. The predicted molar refractivity (Wildman–Crippen MR) is 114 cm³/mol. The van der Waals surface area contributed by atoms with Crippen LogP contribution in [-0.2, 0) is 0 Å². The van der Waals surface area contributed by atoms with E-state index >= 15 is 4.39 Å². The van der Waals surface area contributed by atoms with Crippen molar-refractivity contribution in [2.24, 2.45) is 5.41 Å². The van der Waals surface area contributed by atoms with Crippen molar-refractivity contribution in [3.63, 3.8) is 0 Å². The molecule has 0 aromatic carbocycles. The minimum Gasteiger partial charge on any atom is -0.381 e. The molecule has 1 saturated heterocycles. The van der Waals surface area contributed by atoms with Gasteiger partial charge in [-0.2, -0.15) is 0 Å². The zero-order valence-electron chi connectivity index (χ0n) is 17.7. The first kappa shape index (κ1) is 21.0. The number of carbonyl (C=O) groups is 1. The van der Waals surface area contributed by atoms with Crippen LogP contribution in [0.15, 0.2) is 24.8 Å². The number of amides is 1. The van der Waals surface area contributed by atoms with E-state index in [4.69, 9.17) is 5.73 Å². The zero-order valence-corrected chi connectivity index (χ0v) is 17.7. The Kier molecular flexibility index (Phi) is 5.24. The van der Waals surface area contributed by atoms with Gasteiger partial charge in [-0.05, 0) is 24.7 Å². The van der Waals surface area contributed by atoms with E-state index in [1.54, 1.807) is 0 Å². The van der Waals surface area contributed by atoms with E-state index in [0.717, 1.165) is 42.4 Å². The number of carbonyl (C=O) groups excluding carboxylic acids is 1. The number of piperidine rings is 1. The van der Waals surface area contributed by atoms with Crippen molar-refractivity contribution < 1.29 is 13.6 Å². The summed E-state index contributed by atoms with van der Waals surface area (Å²) in [4.78, 5) is 22.9. The SMILES string of the molecule is CC(C)(C)C1CCCCN1c1c(F)cncc1NC(=O)c1c(N)nn2cc(F)cnc12. The maximum atomic E-state index is 15.0. The molecule has 3 aromatic heterocycles. The number of rotatable bonds is 3. The molecule has 3 N–H and O–H groups in total. The fourth-order valence-electron chi connectivity index (χ4n) is 4.24. The van der Waals surface area contributed by atoms with Crippen LogP contribution in [0.5, 0.6) is 0 Å². The summed E-state index contributed by atoms with van der Waals surface area (Å²) in [6.07, 6.45) is 7.53. The lowest BCUT2D eigenvalue weighted by Gasteiger charge is -2.45. The molecule has 1 unspecified atom stereocenters. The monoisotopic (exact) mass is 429 g/mol. The van der Waals surface area contributed by atoms with Crippen LogP contribution in [-0.4, -0.2) is 38.1 Å². The molecule has 3 aromatic rings. The third-order valence-corrected chi connectivity index (χ3v) is 5.61. The molecule has 1 aliphatic rings. The zero-order chi connectivity index (χ0) is 22.3. The molecule has 1 atom stereocenters. The first-order chi connectivity index (χ1) is 14.7. The van der Waals surface area contributed by atoms with Gasteiger partial charge in [0.2, 0.25) is 0 Å². The van der Waals surface area contributed by atoms with Gasteiger partial charge in [0.15, 0.2) is 23.1 Å². The highest BCUT2D eigenvalue weighted by atomic mass is 19.1. The van der Waals surface area contributed by atoms with Crippen LogP contribution in [0.3, 0.4) is 0 Å². The van der Waals surface area contributed by atoms with Crippen molar-refractivity contribution in [1.82, 2.24) is 19.6 Å². The molecule has 0 saturated carbocycles. The fourth-order valence-corrected chi connectivity index (χ4v) is 4.24. The summed E-state index contributed by atoms with van der Waals surface area (Å²) in [5, 5.41) is 6.66. The third-order valence-electron chi connectivity index (χ3n) is 5.61. The van der Waals surface area contributed by atoms with Crippen molar-refractivity contribution in [3.8, 4) is 0 Å². The van der Waals surface area contributed by atoms with Gasteiger partial charge in [-0.25, -0.2) is 18.3 Å². The second-order valence-electron chi connectivity index (χ2n) is 8.84. The molecule has 10 heteroatoms. The second kappa shape index (κ2) is 7.75. The summed E-state index contributed by atoms with van der Waals surface area (Å²) in [5.74, 6) is -1.85. The van der Waals surface area contributed by atoms with Gasteiger partial charge in [0.25, 0.3) is 5.91 Å². The van der Waals surface area contributed by atoms with Gasteiger partial charge in [-0.15, -0.1) is 5.10 Å². The minimum absolute atomic E-state index is 0.0128. The van der Waals surface area contributed by atoms with Crippen molar-refractivity contribution in [2.75, 3.05) is 22.5 Å². The molecule has 8 nitrogen and oxygen atoms in total. The molecule has 4 heterocycles. The van der Waals surface area contributed by atoms with Gasteiger partial charge in [0, 0.05) is 12.6 Å². The van der Waals surface area contributed by atoms with Gasteiger partial charge in [-0.1, -0.05) is 20.8 Å². The number of nitrogens with zero attached hydrogens (tertiary/aromatic N) is 5. The number of nitrogens with one attached hydrogen (secondary N) is 1. The number of anilines is 3. The third kappa shape index (κ3) is 3.89. The number of pyridine rings is 1. The Balaban J connectivity index is 1.73. The highest BCUT2D eigenvalue weighted by Gasteiger charge is 2.35. The number of hydrogen-bond acceptors (Lipinski definition) is 6. The molecule has 164 valence electrons. The molecule has 4 rings (SSSR count). The van der Waals surface area contributed by atoms with Gasteiger partial charge >= 0.3 is 0 Å². The Labute approximate surface area is 178 Å². The molecule has 1 aliphatic heterocycles. The predicted octanol–water partition coefficient (Wildman–Crippen LogP) is 3.64. The van der Waals surface area contributed by atoms with Crippen molar-refractivity contribution in [2.45, 2.75) is 46.1 Å². The van der Waals surface area contributed by atoms with E-state index in [1.807, 2.05) is 4.90 Å². The largest absolute Gasteiger partial charge is 0.381 e. The molecular formula is C21H25F2N7O. The van der Waals surface area contributed by atoms with Crippen LogP contribution in [0.25, 0.3) is 5.65 Å². The van der Waals surface area contributed by atoms with Gasteiger partial charge in [0.05, 0.1) is 30.5 Å². The van der Waals surface area contributed by atoms with Crippen LogP contribution in [0.1, 0.15) is 50.4 Å². The van der Waals surface area contributed by atoms with Crippen LogP contribution in [0.4, 0.5) is 26.0 Å². The Bertz CT molecular complexity index is 1140. The standard InChI is InChI=1S/C21H25F2N7O/c1-21(2,3)15-6-4-5-7-29(15)17-13(23)9-25-10-14(17)27-20(31)16-18(24)28-30-11-12(22)8-26-19(16)30/h8-11,15H,4-7H2,1-3H3,(H2,24,28)(H,27,31). The van der Waals surface area contributed by atoms with E-state index in [9.17, 15) is 9.18 Å². The first-order valence-electron chi connectivity index (χ1n) is 10.2. The Morgan fingerprint density at radius 2 is 2.00 bits per heavy atom. The average molecular weight is 429 g/mol. The van der Waals surface area contributed by atoms with Crippen LogP contribution >= 0.6 is 0 Å². The number of hydrogen-bond donors (Lipinski definition) is 2. The molecule has 0 spiro atoms. The van der Waals surface area contributed by atoms with Crippen LogP contribution in [0, 0.1) is 17.0 Å². The molecule has 31 heavy (non-hydrogen) atoms. The van der Waals surface area contributed by atoms with E-state index in [0.29, 0.717) is 12.2 Å². The van der Waals surface area contributed by atoms with Gasteiger partial charge in [0.1, 0.15) is 11.3 Å². The molecule has 1 amide bonds. The highest BCUT2D eigenvalue weighted by molar-refractivity contribution is 6.12. The maximum absolute atomic E-state index is 15.0. The van der Waals surface area contributed by atoms with Gasteiger partial charge in [-0.3, -0.25) is 9.78 Å². The summed E-state index contributed by atoms with van der Waals surface area (Å²) in [6, 6.07) is 0.0977. The number of nitrogens with two attached hydrogens (primary N) is 1. The Hall–Kier alpha value is -3.30. The molecule has 0 bridgehead atoms. The van der Waals surface area contributed by atoms with Crippen LogP contribution in [0.2, 0.25) is 0 Å². The molecule has 1 fully saturated rings. The summed E-state index contributed by atoms with van der Waals surface area (Å²) in [5.41, 5.74) is 6.44. The Morgan fingerprint density at radius 1 is 1.23 bits per heavy atom. The first-order valence-corrected chi connectivity index (χ1v) is 10.2. The molecule has 0 aliphatic carbocycles. The quantitative estimate of drug-likeness (QED) is 0.659.